The molecule has 1 N–H and O–H groups in total. The van der Waals surface area contributed by atoms with Crippen LogP contribution in [0.3, 0.4) is 0 Å². The van der Waals surface area contributed by atoms with Crippen molar-refractivity contribution in [1.29, 1.82) is 0 Å². The van der Waals surface area contributed by atoms with Gasteiger partial charge in [-0.1, -0.05) is 28.8 Å². The first-order chi connectivity index (χ1) is 9.31. The lowest BCUT2D eigenvalue weighted by Crippen LogP contribution is -2.43. The second kappa shape index (κ2) is 5.59. The number of aromatic nitrogens is 2. The molecule has 0 amide bonds. The Morgan fingerprint density at radius 1 is 1.16 bits per heavy atom. The quantitative estimate of drug-likeness (QED) is 0.927. The molecule has 3 rings (SSSR count). The zero-order valence-corrected chi connectivity index (χ0v) is 11.2. The van der Waals surface area contributed by atoms with Gasteiger partial charge in [-0.2, -0.15) is 0 Å². The molecule has 0 atom stereocenters. The molecule has 0 unspecified atom stereocenters. The minimum absolute atomic E-state index is 0.616. The van der Waals surface area contributed by atoms with Crippen LogP contribution in [0.4, 0.5) is 6.01 Å². The lowest BCUT2D eigenvalue weighted by atomic mass is 10.1. The van der Waals surface area contributed by atoms with Gasteiger partial charge in [0.25, 0.3) is 0 Å². The van der Waals surface area contributed by atoms with E-state index in [1.807, 2.05) is 24.3 Å². The van der Waals surface area contributed by atoms with Crippen molar-refractivity contribution >= 4 is 17.6 Å². The monoisotopic (exact) mass is 278 g/mol. The maximum Gasteiger partial charge on any atom is 0.318 e. The molecule has 100 valence electrons. The van der Waals surface area contributed by atoms with Crippen molar-refractivity contribution in [3.63, 3.8) is 0 Å². The van der Waals surface area contributed by atoms with Crippen molar-refractivity contribution in [2.75, 3.05) is 31.1 Å². The molecule has 0 radical (unpaired) electrons. The second-order valence-electron chi connectivity index (χ2n) is 4.52. The number of hydrogen-bond acceptors (Lipinski definition) is 5. The summed E-state index contributed by atoms with van der Waals surface area (Å²) in [7, 11) is 0. The van der Waals surface area contributed by atoms with Crippen LogP contribution in [0, 0.1) is 0 Å². The third-order valence-electron chi connectivity index (χ3n) is 3.11. The smallest absolute Gasteiger partial charge is 0.318 e. The zero-order valence-electron chi connectivity index (χ0n) is 10.5. The molecule has 2 heterocycles. The second-order valence-corrected chi connectivity index (χ2v) is 4.96. The summed E-state index contributed by atoms with van der Waals surface area (Å²) >= 11 is 5.86. The summed E-state index contributed by atoms with van der Waals surface area (Å²) in [4.78, 5) is 2.11. The molecule has 2 aromatic rings. The molecule has 1 aliphatic rings. The van der Waals surface area contributed by atoms with E-state index < -0.39 is 0 Å². The van der Waals surface area contributed by atoms with E-state index in [1.54, 1.807) is 0 Å². The number of piperazine rings is 1. The Labute approximate surface area is 116 Å². The Morgan fingerprint density at radius 3 is 2.63 bits per heavy atom. The van der Waals surface area contributed by atoms with Gasteiger partial charge in [0.2, 0.25) is 5.89 Å². The number of halogens is 1. The number of nitrogens with one attached hydrogen (secondary N) is 1. The van der Waals surface area contributed by atoms with E-state index in [0.29, 0.717) is 18.3 Å². The van der Waals surface area contributed by atoms with Crippen LogP contribution < -0.4 is 10.2 Å². The number of anilines is 1. The summed E-state index contributed by atoms with van der Waals surface area (Å²) < 4.78 is 5.70. The summed E-state index contributed by atoms with van der Waals surface area (Å²) in [6, 6.07) is 8.29. The minimum Gasteiger partial charge on any atom is -0.408 e. The highest BCUT2D eigenvalue weighted by Gasteiger charge is 2.16. The highest BCUT2D eigenvalue weighted by Crippen LogP contribution is 2.16. The molecule has 0 aliphatic carbocycles. The predicted octanol–water partition coefficient (Wildman–Crippen LogP) is 1.72. The van der Waals surface area contributed by atoms with Gasteiger partial charge in [-0.05, 0) is 17.7 Å². The van der Waals surface area contributed by atoms with Gasteiger partial charge in [-0.25, -0.2) is 0 Å². The van der Waals surface area contributed by atoms with Gasteiger partial charge in [0.15, 0.2) is 0 Å². The highest BCUT2D eigenvalue weighted by atomic mass is 35.5. The molecule has 1 aliphatic heterocycles. The van der Waals surface area contributed by atoms with Gasteiger partial charge >= 0.3 is 6.01 Å². The fourth-order valence-electron chi connectivity index (χ4n) is 2.08. The average molecular weight is 279 g/mol. The fourth-order valence-corrected chi connectivity index (χ4v) is 2.20. The van der Waals surface area contributed by atoms with Gasteiger partial charge in [-0.3, -0.25) is 0 Å². The largest absolute Gasteiger partial charge is 0.408 e. The van der Waals surface area contributed by atoms with Gasteiger partial charge in [0.05, 0.1) is 6.42 Å². The van der Waals surface area contributed by atoms with Crippen molar-refractivity contribution in [2.24, 2.45) is 0 Å². The van der Waals surface area contributed by atoms with E-state index in [1.165, 1.54) is 0 Å². The van der Waals surface area contributed by atoms with Gasteiger partial charge in [-0.15, -0.1) is 5.10 Å². The normalized spacial score (nSPS) is 15.7. The van der Waals surface area contributed by atoms with Gasteiger partial charge in [0, 0.05) is 31.2 Å². The van der Waals surface area contributed by atoms with E-state index in [4.69, 9.17) is 16.0 Å². The van der Waals surface area contributed by atoms with Crippen LogP contribution in [0.25, 0.3) is 0 Å². The lowest BCUT2D eigenvalue weighted by molar-refractivity contribution is 0.472. The zero-order chi connectivity index (χ0) is 13.1. The van der Waals surface area contributed by atoms with Gasteiger partial charge < -0.3 is 14.6 Å². The first kappa shape index (κ1) is 12.4. The topological polar surface area (TPSA) is 54.2 Å². The Morgan fingerprint density at radius 2 is 1.89 bits per heavy atom. The molecular formula is C13H15ClN4O. The van der Waals surface area contributed by atoms with Crippen molar-refractivity contribution in [3.8, 4) is 0 Å². The van der Waals surface area contributed by atoms with Gasteiger partial charge in [0.1, 0.15) is 0 Å². The number of rotatable bonds is 3. The molecule has 1 fully saturated rings. The van der Waals surface area contributed by atoms with E-state index in [0.717, 1.165) is 36.8 Å². The lowest BCUT2D eigenvalue weighted by Gasteiger charge is -2.24. The highest BCUT2D eigenvalue weighted by molar-refractivity contribution is 6.30. The molecule has 0 bridgehead atoms. The minimum atomic E-state index is 0.616. The van der Waals surface area contributed by atoms with Crippen molar-refractivity contribution < 1.29 is 4.42 Å². The van der Waals surface area contributed by atoms with E-state index in [9.17, 15) is 0 Å². The Kier molecular flexibility index (Phi) is 3.66. The van der Waals surface area contributed by atoms with Crippen LogP contribution in [-0.2, 0) is 6.42 Å². The van der Waals surface area contributed by atoms with E-state index in [2.05, 4.69) is 20.4 Å². The van der Waals surface area contributed by atoms with Crippen LogP contribution >= 0.6 is 11.6 Å². The standard InChI is InChI=1S/C13H15ClN4O/c14-11-3-1-10(2-4-11)9-12-16-17-13(19-12)18-7-5-15-6-8-18/h1-4,15H,5-9H2. The summed E-state index contributed by atoms with van der Waals surface area (Å²) in [5.41, 5.74) is 1.11. The number of nitrogens with zero attached hydrogens (tertiary/aromatic N) is 3. The summed E-state index contributed by atoms with van der Waals surface area (Å²) in [6.45, 7) is 3.72. The predicted molar refractivity (Wildman–Crippen MR) is 73.6 cm³/mol. The SMILES string of the molecule is Clc1ccc(Cc2nnc(N3CCNCC3)o2)cc1. The molecule has 5 nitrogen and oxygen atoms in total. The van der Waals surface area contributed by atoms with Crippen LogP contribution in [-0.4, -0.2) is 36.4 Å². The first-order valence-corrected chi connectivity index (χ1v) is 6.71. The number of benzene rings is 1. The Hall–Kier alpha value is -1.59. The molecule has 1 saturated heterocycles. The van der Waals surface area contributed by atoms with Crippen LogP contribution in [0.5, 0.6) is 0 Å². The van der Waals surface area contributed by atoms with E-state index >= 15 is 0 Å². The molecule has 1 aromatic carbocycles. The molecule has 6 heteroatoms. The Bertz CT molecular complexity index is 534. The van der Waals surface area contributed by atoms with Crippen molar-refractivity contribution in [2.45, 2.75) is 6.42 Å². The third-order valence-corrected chi connectivity index (χ3v) is 3.36. The molecule has 0 saturated carbocycles. The summed E-state index contributed by atoms with van der Waals surface area (Å²) in [6.07, 6.45) is 0.635. The van der Waals surface area contributed by atoms with Crippen LogP contribution in [0.1, 0.15) is 11.5 Å². The molecular weight excluding hydrogens is 264 g/mol. The molecule has 1 aromatic heterocycles. The average Bonchev–Trinajstić information content (AvgIpc) is 2.91. The number of hydrogen-bond donors (Lipinski definition) is 1. The molecule has 0 spiro atoms. The van der Waals surface area contributed by atoms with Crippen molar-refractivity contribution in [3.05, 3.63) is 40.7 Å². The third kappa shape index (κ3) is 3.05. The maximum atomic E-state index is 5.86. The first-order valence-electron chi connectivity index (χ1n) is 6.34. The maximum absolute atomic E-state index is 5.86. The summed E-state index contributed by atoms with van der Waals surface area (Å²) in [5, 5.41) is 12.2. The fraction of sp³-hybridized carbons (Fsp3) is 0.385. The van der Waals surface area contributed by atoms with Crippen LogP contribution in [0.2, 0.25) is 5.02 Å². The van der Waals surface area contributed by atoms with Crippen molar-refractivity contribution in [1.82, 2.24) is 15.5 Å². The van der Waals surface area contributed by atoms with E-state index in [-0.39, 0.29) is 0 Å². The summed E-state index contributed by atoms with van der Waals surface area (Å²) in [5.74, 6) is 0.635. The Balaban J connectivity index is 1.68. The van der Waals surface area contributed by atoms with Crippen LogP contribution in [0.15, 0.2) is 28.7 Å². The molecule has 19 heavy (non-hydrogen) atoms.